The number of carbonyl (C=O) groups is 1. The van der Waals surface area contributed by atoms with Gasteiger partial charge in [0.15, 0.2) is 0 Å². The van der Waals surface area contributed by atoms with Gasteiger partial charge in [0.1, 0.15) is 12.4 Å². The Hall–Kier alpha value is -3.50. The molecule has 10 heteroatoms. The number of nitro benzene ring substituents is 1. The third kappa shape index (κ3) is 5.27. The van der Waals surface area contributed by atoms with E-state index in [1.54, 1.807) is 12.1 Å². The summed E-state index contributed by atoms with van der Waals surface area (Å²) in [5, 5.41) is 10.6. The van der Waals surface area contributed by atoms with Crippen LogP contribution in [0.4, 0.5) is 5.69 Å². The van der Waals surface area contributed by atoms with Gasteiger partial charge < -0.3 is 9.15 Å². The molecule has 0 aliphatic carbocycles. The van der Waals surface area contributed by atoms with Crippen molar-refractivity contribution in [2.24, 2.45) is 0 Å². The Labute approximate surface area is 166 Å². The topological polar surface area (TPSA) is 129 Å². The van der Waals surface area contributed by atoms with Gasteiger partial charge in [-0.3, -0.25) is 10.1 Å². The van der Waals surface area contributed by atoms with Gasteiger partial charge in [0.25, 0.3) is 5.69 Å². The van der Waals surface area contributed by atoms with Crippen molar-refractivity contribution >= 4 is 21.7 Å². The number of nitrogens with zero attached hydrogens (tertiary/aromatic N) is 1. The van der Waals surface area contributed by atoms with Crippen LogP contribution in [-0.4, -0.2) is 19.3 Å². The number of ether oxygens (including phenoxy) is 1. The number of hydrogen-bond acceptors (Lipinski definition) is 7. The van der Waals surface area contributed by atoms with Gasteiger partial charge in [0, 0.05) is 12.1 Å². The van der Waals surface area contributed by atoms with Crippen molar-refractivity contribution < 1.29 is 27.3 Å². The second-order valence-corrected chi connectivity index (χ2v) is 7.69. The second kappa shape index (κ2) is 8.67. The number of non-ortho nitro benzene ring substituents is 1. The molecule has 3 rings (SSSR count). The van der Waals surface area contributed by atoms with Crippen LogP contribution in [0.15, 0.2) is 76.2 Å². The molecule has 0 radical (unpaired) electrons. The summed E-state index contributed by atoms with van der Waals surface area (Å²) in [6.07, 6.45) is 1.45. The predicted octanol–water partition coefficient (Wildman–Crippen LogP) is 3.02. The molecule has 1 heterocycles. The van der Waals surface area contributed by atoms with Crippen molar-refractivity contribution in [3.05, 3.63) is 93.9 Å². The van der Waals surface area contributed by atoms with Gasteiger partial charge in [-0.1, -0.05) is 0 Å². The Morgan fingerprint density at radius 2 is 1.76 bits per heavy atom. The maximum absolute atomic E-state index is 12.3. The first-order chi connectivity index (χ1) is 13.8. The lowest BCUT2D eigenvalue weighted by molar-refractivity contribution is -0.384. The summed E-state index contributed by atoms with van der Waals surface area (Å²) in [6.45, 7) is -0.0596. The standard InChI is InChI=1S/C19H16N2O7S/c22-19(28-13-14-3-7-16(8-4-14)21(23)24)15-5-9-18(10-6-15)29(25,26)20-12-17-2-1-11-27-17/h1-11,20H,12-13H2. The zero-order valence-electron chi connectivity index (χ0n) is 15.0. The summed E-state index contributed by atoms with van der Waals surface area (Å²) < 4.78 is 37.2. The van der Waals surface area contributed by atoms with Gasteiger partial charge >= 0.3 is 5.97 Å². The number of furan rings is 1. The molecule has 0 atom stereocenters. The highest BCUT2D eigenvalue weighted by atomic mass is 32.2. The average molecular weight is 416 g/mol. The van der Waals surface area contributed by atoms with E-state index in [4.69, 9.17) is 9.15 Å². The van der Waals surface area contributed by atoms with E-state index in [-0.39, 0.29) is 29.3 Å². The van der Waals surface area contributed by atoms with Crippen LogP contribution in [-0.2, 0) is 27.9 Å². The zero-order chi connectivity index (χ0) is 20.9. The molecular formula is C19H16N2O7S. The molecular weight excluding hydrogens is 400 g/mol. The molecule has 29 heavy (non-hydrogen) atoms. The van der Waals surface area contributed by atoms with Gasteiger partial charge in [0.05, 0.1) is 28.2 Å². The Balaban J connectivity index is 1.58. The van der Waals surface area contributed by atoms with Crippen LogP contribution in [0.1, 0.15) is 21.7 Å². The van der Waals surface area contributed by atoms with Crippen LogP contribution in [0.2, 0.25) is 0 Å². The Morgan fingerprint density at radius 1 is 1.07 bits per heavy atom. The number of esters is 1. The van der Waals surface area contributed by atoms with Crippen LogP contribution in [0, 0.1) is 10.1 Å². The summed E-state index contributed by atoms with van der Waals surface area (Å²) in [6, 6.07) is 14.2. The summed E-state index contributed by atoms with van der Waals surface area (Å²) in [5.74, 6) is -0.170. The summed E-state index contributed by atoms with van der Waals surface area (Å²) in [7, 11) is -3.76. The van der Waals surface area contributed by atoms with E-state index in [0.29, 0.717) is 11.3 Å². The fourth-order valence-corrected chi connectivity index (χ4v) is 3.37. The normalized spacial score (nSPS) is 11.2. The maximum Gasteiger partial charge on any atom is 0.338 e. The lowest BCUT2D eigenvalue weighted by atomic mass is 10.2. The molecule has 0 unspecified atom stereocenters. The highest BCUT2D eigenvalue weighted by molar-refractivity contribution is 7.89. The molecule has 2 aromatic carbocycles. The van der Waals surface area contributed by atoms with Crippen molar-refractivity contribution in [1.29, 1.82) is 0 Å². The number of carbonyl (C=O) groups excluding carboxylic acids is 1. The molecule has 0 fully saturated rings. The van der Waals surface area contributed by atoms with Crippen molar-refractivity contribution in [2.75, 3.05) is 0 Å². The third-order valence-corrected chi connectivity index (χ3v) is 5.35. The minimum atomic E-state index is -3.76. The fourth-order valence-electron chi connectivity index (χ4n) is 2.38. The van der Waals surface area contributed by atoms with Gasteiger partial charge in [-0.15, -0.1) is 0 Å². The van der Waals surface area contributed by atoms with Gasteiger partial charge in [-0.05, 0) is 54.1 Å². The van der Waals surface area contributed by atoms with E-state index in [1.807, 2.05) is 0 Å². The maximum atomic E-state index is 12.3. The van der Waals surface area contributed by atoms with E-state index in [9.17, 15) is 23.3 Å². The van der Waals surface area contributed by atoms with E-state index >= 15 is 0 Å². The molecule has 0 saturated heterocycles. The monoisotopic (exact) mass is 416 g/mol. The van der Waals surface area contributed by atoms with E-state index in [2.05, 4.69) is 4.72 Å². The molecule has 0 bridgehead atoms. The van der Waals surface area contributed by atoms with Crippen LogP contribution >= 0.6 is 0 Å². The highest BCUT2D eigenvalue weighted by Crippen LogP contribution is 2.15. The van der Waals surface area contributed by atoms with Gasteiger partial charge in [0.2, 0.25) is 10.0 Å². The molecule has 1 aromatic heterocycles. The fraction of sp³-hybridized carbons (Fsp3) is 0.105. The quantitative estimate of drug-likeness (QED) is 0.339. The smallest absolute Gasteiger partial charge is 0.338 e. The molecule has 0 saturated carbocycles. The zero-order valence-corrected chi connectivity index (χ0v) is 15.8. The number of nitrogens with one attached hydrogen (secondary N) is 1. The van der Waals surface area contributed by atoms with Crippen molar-refractivity contribution in [3.8, 4) is 0 Å². The van der Waals surface area contributed by atoms with Gasteiger partial charge in [-0.25, -0.2) is 17.9 Å². The van der Waals surface area contributed by atoms with E-state index in [1.165, 1.54) is 54.8 Å². The minimum absolute atomic E-state index is 0.00373. The molecule has 1 N–H and O–H groups in total. The van der Waals surface area contributed by atoms with Crippen molar-refractivity contribution in [3.63, 3.8) is 0 Å². The SMILES string of the molecule is O=C(OCc1ccc([N+](=O)[O-])cc1)c1ccc(S(=O)(=O)NCc2ccco2)cc1. The van der Waals surface area contributed by atoms with Crippen LogP contribution < -0.4 is 4.72 Å². The lowest BCUT2D eigenvalue weighted by Crippen LogP contribution is -2.23. The number of nitro groups is 1. The number of benzene rings is 2. The summed E-state index contributed by atoms with van der Waals surface area (Å²) >= 11 is 0. The molecule has 9 nitrogen and oxygen atoms in total. The van der Waals surface area contributed by atoms with Crippen molar-refractivity contribution in [2.45, 2.75) is 18.0 Å². The first-order valence-corrected chi connectivity index (χ1v) is 9.86. The number of hydrogen-bond donors (Lipinski definition) is 1. The average Bonchev–Trinajstić information content (AvgIpc) is 3.25. The van der Waals surface area contributed by atoms with E-state index in [0.717, 1.165) is 0 Å². The van der Waals surface area contributed by atoms with Crippen LogP contribution in [0.25, 0.3) is 0 Å². The largest absolute Gasteiger partial charge is 0.468 e. The third-order valence-electron chi connectivity index (χ3n) is 3.93. The Kier molecular flexibility index (Phi) is 6.05. The lowest BCUT2D eigenvalue weighted by Gasteiger charge is -2.07. The van der Waals surface area contributed by atoms with Crippen LogP contribution in [0.5, 0.6) is 0 Å². The highest BCUT2D eigenvalue weighted by Gasteiger charge is 2.16. The molecule has 3 aromatic rings. The summed E-state index contributed by atoms with van der Waals surface area (Å²) in [4.78, 5) is 22.2. The van der Waals surface area contributed by atoms with Gasteiger partial charge in [-0.2, -0.15) is 0 Å². The molecule has 0 aliphatic rings. The first kappa shape index (κ1) is 20.2. The van der Waals surface area contributed by atoms with Crippen molar-refractivity contribution in [1.82, 2.24) is 4.72 Å². The van der Waals surface area contributed by atoms with E-state index < -0.39 is 20.9 Å². The Bertz CT molecular complexity index is 1090. The summed E-state index contributed by atoms with van der Waals surface area (Å²) in [5.41, 5.74) is 0.708. The van der Waals surface area contributed by atoms with Crippen LogP contribution in [0.3, 0.4) is 0 Å². The molecule has 150 valence electrons. The molecule has 0 aliphatic heterocycles. The Morgan fingerprint density at radius 3 is 2.34 bits per heavy atom. The first-order valence-electron chi connectivity index (χ1n) is 8.38. The number of rotatable bonds is 8. The molecule has 0 spiro atoms. The molecule has 0 amide bonds. The number of sulfonamides is 1. The second-order valence-electron chi connectivity index (χ2n) is 5.93. The predicted molar refractivity (Wildman–Crippen MR) is 101 cm³/mol. The minimum Gasteiger partial charge on any atom is -0.468 e.